The fourth-order valence-corrected chi connectivity index (χ4v) is 2.95. The average molecular weight is 305 g/mol. The number of nitrogens with zero attached hydrogens (tertiary/aromatic N) is 1. The summed E-state index contributed by atoms with van der Waals surface area (Å²) < 4.78 is 11.6. The first-order valence-electron chi connectivity index (χ1n) is 8.23. The summed E-state index contributed by atoms with van der Waals surface area (Å²) in [4.78, 5) is 14.3. The molecule has 0 unspecified atom stereocenters. The number of carbonyl (C=O) groups is 1. The number of hydrogen-bond acceptors (Lipinski definition) is 4. The van der Waals surface area contributed by atoms with E-state index < -0.39 is 0 Å². The smallest absolute Gasteiger partial charge is 0.166 e. The number of hydrogen-bond donors (Lipinski definition) is 0. The van der Waals surface area contributed by atoms with Gasteiger partial charge < -0.3 is 9.47 Å². The quantitative estimate of drug-likeness (QED) is 0.573. The Labute approximate surface area is 133 Å². The van der Waals surface area contributed by atoms with Gasteiger partial charge in [0.25, 0.3) is 0 Å². The zero-order chi connectivity index (χ0) is 15.9. The summed E-state index contributed by atoms with van der Waals surface area (Å²) in [6.45, 7) is 9.71. The summed E-state index contributed by atoms with van der Waals surface area (Å²) in [6, 6.07) is 7.51. The second kappa shape index (κ2) is 8.30. The lowest BCUT2D eigenvalue weighted by molar-refractivity contribution is -0.0686. The first-order chi connectivity index (χ1) is 10.6. The third-order valence-corrected chi connectivity index (χ3v) is 3.88. The molecule has 4 heteroatoms. The summed E-state index contributed by atoms with van der Waals surface area (Å²) in [5.74, 6) is 0.837. The molecule has 4 nitrogen and oxygen atoms in total. The Hall–Kier alpha value is -1.39. The molecule has 0 amide bonds. The van der Waals surface area contributed by atoms with E-state index in [4.69, 9.17) is 9.47 Å². The first kappa shape index (κ1) is 17.0. The molecule has 1 fully saturated rings. The molecule has 1 aromatic carbocycles. The normalized spacial score (nSPS) is 22.5. The lowest BCUT2D eigenvalue weighted by atomic mass is 10.1. The Kier molecular flexibility index (Phi) is 6.40. The third-order valence-electron chi connectivity index (χ3n) is 3.88. The maximum atomic E-state index is 11.9. The number of carbonyl (C=O) groups excluding carboxylic acids is 1. The third kappa shape index (κ3) is 4.82. The van der Waals surface area contributed by atoms with E-state index in [-0.39, 0.29) is 5.78 Å². The summed E-state index contributed by atoms with van der Waals surface area (Å²) in [6.07, 6.45) is 2.05. The molecule has 0 radical (unpaired) electrons. The summed E-state index contributed by atoms with van der Waals surface area (Å²) in [5.41, 5.74) is 0.693. The number of ether oxygens (including phenoxy) is 2. The van der Waals surface area contributed by atoms with Crippen molar-refractivity contribution in [3.63, 3.8) is 0 Å². The molecular weight excluding hydrogens is 278 g/mol. The highest BCUT2D eigenvalue weighted by atomic mass is 16.5. The molecular formula is C18H27NO3. The average Bonchev–Trinajstić information content (AvgIpc) is 2.50. The van der Waals surface area contributed by atoms with E-state index in [0.717, 1.165) is 26.1 Å². The zero-order valence-electron chi connectivity index (χ0n) is 13.9. The van der Waals surface area contributed by atoms with E-state index in [2.05, 4.69) is 18.7 Å². The van der Waals surface area contributed by atoms with Gasteiger partial charge >= 0.3 is 0 Å². The molecule has 2 rings (SSSR count). The van der Waals surface area contributed by atoms with E-state index >= 15 is 0 Å². The molecule has 1 saturated heterocycles. The molecule has 122 valence electrons. The van der Waals surface area contributed by atoms with Crippen LogP contribution in [0.3, 0.4) is 0 Å². The Morgan fingerprint density at radius 2 is 1.95 bits per heavy atom. The van der Waals surface area contributed by atoms with Crippen LogP contribution < -0.4 is 4.74 Å². The Morgan fingerprint density at radius 3 is 2.64 bits per heavy atom. The number of rotatable bonds is 7. The van der Waals surface area contributed by atoms with Crippen LogP contribution in [0.5, 0.6) is 5.75 Å². The molecule has 1 aromatic rings. The Bertz CT molecular complexity index is 479. The molecule has 0 bridgehead atoms. The lowest BCUT2D eigenvalue weighted by Gasteiger charge is -2.35. The van der Waals surface area contributed by atoms with Gasteiger partial charge in [-0.3, -0.25) is 9.69 Å². The van der Waals surface area contributed by atoms with E-state index in [9.17, 15) is 4.79 Å². The predicted octanol–water partition coefficient (Wildman–Crippen LogP) is 3.16. The molecule has 1 aliphatic rings. The summed E-state index contributed by atoms with van der Waals surface area (Å²) in [7, 11) is 0. The van der Waals surface area contributed by atoms with Gasteiger partial charge in [0.1, 0.15) is 5.75 Å². The standard InChI is InChI=1S/C18H27NO3/c1-4-17(20)16-8-5-6-9-18(16)21-11-7-10-19-12-14(2)22-15(3)13-19/h5-6,8-9,14-15H,4,7,10-13H2,1-3H3/t14-,15-/m1/s1. The largest absolute Gasteiger partial charge is 0.493 e. The number of para-hydroxylation sites is 1. The molecule has 0 saturated carbocycles. The Morgan fingerprint density at radius 1 is 1.27 bits per heavy atom. The van der Waals surface area contributed by atoms with Crippen molar-refractivity contribution in [2.24, 2.45) is 0 Å². The lowest BCUT2D eigenvalue weighted by Crippen LogP contribution is -2.45. The van der Waals surface area contributed by atoms with Gasteiger partial charge in [-0.15, -0.1) is 0 Å². The highest BCUT2D eigenvalue weighted by Crippen LogP contribution is 2.20. The van der Waals surface area contributed by atoms with Crippen molar-refractivity contribution < 1.29 is 14.3 Å². The van der Waals surface area contributed by atoms with Crippen molar-refractivity contribution in [1.29, 1.82) is 0 Å². The molecule has 0 N–H and O–H groups in total. The molecule has 0 spiro atoms. The number of Topliss-reactive ketones (excluding diaryl/α,β-unsaturated/α-hetero) is 1. The minimum Gasteiger partial charge on any atom is -0.493 e. The minimum atomic E-state index is 0.131. The van der Waals surface area contributed by atoms with Crippen LogP contribution in [0.15, 0.2) is 24.3 Å². The second-order valence-electron chi connectivity index (χ2n) is 5.99. The topological polar surface area (TPSA) is 38.8 Å². The first-order valence-corrected chi connectivity index (χ1v) is 8.23. The van der Waals surface area contributed by atoms with Crippen LogP contribution in [0.2, 0.25) is 0 Å². The van der Waals surface area contributed by atoms with Crippen LogP contribution >= 0.6 is 0 Å². The number of morpholine rings is 1. The van der Waals surface area contributed by atoms with Gasteiger partial charge in [-0.25, -0.2) is 0 Å². The molecule has 0 aromatic heterocycles. The van der Waals surface area contributed by atoms with Gasteiger partial charge in [-0.2, -0.15) is 0 Å². The van der Waals surface area contributed by atoms with Crippen molar-refractivity contribution in [3.8, 4) is 5.75 Å². The maximum absolute atomic E-state index is 11.9. The van der Waals surface area contributed by atoms with Crippen LogP contribution in [-0.2, 0) is 4.74 Å². The zero-order valence-corrected chi connectivity index (χ0v) is 13.9. The number of benzene rings is 1. The molecule has 1 heterocycles. The van der Waals surface area contributed by atoms with Crippen LogP contribution in [0.4, 0.5) is 0 Å². The van der Waals surface area contributed by atoms with Gasteiger partial charge in [0, 0.05) is 26.1 Å². The predicted molar refractivity (Wildman–Crippen MR) is 87.6 cm³/mol. The van der Waals surface area contributed by atoms with E-state index in [1.165, 1.54) is 0 Å². The monoisotopic (exact) mass is 305 g/mol. The molecule has 22 heavy (non-hydrogen) atoms. The second-order valence-corrected chi connectivity index (χ2v) is 5.99. The maximum Gasteiger partial charge on any atom is 0.166 e. The summed E-state index contributed by atoms with van der Waals surface area (Å²) >= 11 is 0. The van der Waals surface area contributed by atoms with E-state index in [1.807, 2.05) is 31.2 Å². The fraction of sp³-hybridized carbons (Fsp3) is 0.611. The van der Waals surface area contributed by atoms with Crippen LogP contribution in [0, 0.1) is 0 Å². The molecule has 1 aliphatic heterocycles. The highest BCUT2D eigenvalue weighted by molar-refractivity contribution is 5.98. The fourth-order valence-electron chi connectivity index (χ4n) is 2.95. The SMILES string of the molecule is CCC(=O)c1ccccc1OCCCN1C[C@@H](C)O[C@H](C)C1. The summed E-state index contributed by atoms with van der Waals surface area (Å²) in [5, 5.41) is 0. The van der Waals surface area contributed by atoms with Crippen LogP contribution in [0.1, 0.15) is 44.0 Å². The van der Waals surface area contributed by atoms with Crippen LogP contribution in [-0.4, -0.2) is 49.1 Å². The van der Waals surface area contributed by atoms with Crippen molar-refractivity contribution in [3.05, 3.63) is 29.8 Å². The Balaban J connectivity index is 1.78. The minimum absolute atomic E-state index is 0.131. The number of ketones is 1. The van der Waals surface area contributed by atoms with Crippen molar-refractivity contribution >= 4 is 5.78 Å². The van der Waals surface area contributed by atoms with Crippen LogP contribution in [0.25, 0.3) is 0 Å². The van der Waals surface area contributed by atoms with Crippen molar-refractivity contribution in [2.75, 3.05) is 26.2 Å². The van der Waals surface area contributed by atoms with Gasteiger partial charge in [0.15, 0.2) is 5.78 Å². The molecule has 0 aliphatic carbocycles. The van der Waals surface area contributed by atoms with Crippen molar-refractivity contribution in [2.45, 2.75) is 45.8 Å². The van der Waals surface area contributed by atoms with Gasteiger partial charge in [0.2, 0.25) is 0 Å². The van der Waals surface area contributed by atoms with Gasteiger partial charge in [0.05, 0.1) is 24.4 Å². The van der Waals surface area contributed by atoms with Crippen molar-refractivity contribution in [1.82, 2.24) is 4.90 Å². The van der Waals surface area contributed by atoms with Gasteiger partial charge in [-0.05, 0) is 32.4 Å². The van der Waals surface area contributed by atoms with E-state index in [1.54, 1.807) is 0 Å². The van der Waals surface area contributed by atoms with Gasteiger partial charge in [-0.1, -0.05) is 19.1 Å². The molecule has 2 atom stereocenters. The highest BCUT2D eigenvalue weighted by Gasteiger charge is 2.21. The van der Waals surface area contributed by atoms with E-state index in [0.29, 0.717) is 36.5 Å².